The lowest BCUT2D eigenvalue weighted by molar-refractivity contribution is -0.142. The van der Waals surface area contributed by atoms with Crippen molar-refractivity contribution < 1.29 is 14.3 Å². The molecule has 0 radical (unpaired) electrons. The van der Waals surface area contributed by atoms with Gasteiger partial charge in [0.1, 0.15) is 11.8 Å². The molecular formula is C22H27ClN2O3. The largest absolute Gasteiger partial charge is 0.483 e. The second-order valence-electron chi connectivity index (χ2n) is 6.92. The molecule has 2 rings (SSSR count). The first-order valence-corrected chi connectivity index (χ1v) is 9.68. The molecule has 2 amide bonds. The zero-order valence-electron chi connectivity index (χ0n) is 16.7. The molecule has 6 heteroatoms. The van der Waals surface area contributed by atoms with Crippen LogP contribution in [0.15, 0.2) is 48.5 Å². The number of carbonyl (C=O) groups is 2. The van der Waals surface area contributed by atoms with Crippen molar-refractivity contribution in [1.82, 2.24) is 10.2 Å². The Morgan fingerprint density at radius 2 is 1.71 bits per heavy atom. The van der Waals surface area contributed by atoms with Gasteiger partial charge in [-0.1, -0.05) is 55.8 Å². The molecule has 1 unspecified atom stereocenters. The number of hydrogen-bond acceptors (Lipinski definition) is 3. The standard InChI is InChI=1S/C22H27ClN2O3/c1-15(2)19-7-5-6-8-20(19)28-14-21(26)25(16(3)22(27)24-4)13-17-9-11-18(23)12-10-17/h5-12,15-16H,13-14H2,1-4H3,(H,24,27). The number of nitrogens with one attached hydrogen (secondary N) is 1. The smallest absolute Gasteiger partial charge is 0.261 e. The Bertz CT molecular complexity index is 806. The van der Waals surface area contributed by atoms with Crippen molar-refractivity contribution in [3.8, 4) is 5.75 Å². The van der Waals surface area contributed by atoms with Gasteiger partial charge >= 0.3 is 0 Å². The highest BCUT2D eigenvalue weighted by Gasteiger charge is 2.26. The number of benzene rings is 2. The van der Waals surface area contributed by atoms with E-state index in [1.54, 1.807) is 26.1 Å². The molecular weight excluding hydrogens is 376 g/mol. The Balaban J connectivity index is 2.16. The highest BCUT2D eigenvalue weighted by Crippen LogP contribution is 2.26. The van der Waals surface area contributed by atoms with E-state index in [9.17, 15) is 9.59 Å². The highest BCUT2D eigenvalue weighted by atomic mass is 35.5. The van der Waals surface area contributed by atoms with E-state index in [-0.39, 0.29) is 24.3 Å². The monoisotopic (exact) mass is 402 g/mol. The molecule has 28 heavy (non-hydrogen) atoms. The second-order valence-corrected chi connectivity index (χ2v) is 7.36. The van der Waals surface area contributed by atoms with Crippen LogP contribution in [0, 0.1) is 0 Å². The van der Waals surface area contributed by atoms with E-state index in [2.05, 4.69) is 19.2 Å². The second kappa shape index (κ2) is 10.1. The van der Waals surface area contributed by atoms with E-state index >= 15 is 0 Å². The third-order valence-electron chi connectivity index (χ3n) is 4.57. The number of nitrogens with zero attached hydrogens (tertiary/aromatic N) is 1. The average Bonchev–Trinajstić information content (AvgIpc) is 2.70. The SMILES string of the molecule is CNC(=O)C(C)N(Cc1ccc(Cl)cc1)C(=O)COc1ccccc1C(C)C. The Labute approximate surface area is 171 Å². The molecule has 1 N–H and O–H groups in total. The molecule has 0 aromatic heterocycles. The highest BCUT2D eigenvalue weighted by molar-refractivity contribution is 6.30. The number of ether oxygens (including phenoxy) is 1. The molecule has 0 aliphatic rings. The molecule has 0 heterocycles. The van der Waals surface area contributed by atoms with Gasteiger partial charge in [0.05, 0.1) is 0 Å². The summed E-state index contributed by atoms with van der Waals surface area (Å²) in [6, 6.07) is 14.3. The van der Waals surface area contributed by atoms with Gasteiger partial charge in [-0.15, -0.1) is 0 Å². The van der Waals surface area contributed by atoms with Crippen molar-refractivity contribution in [2.45, 2.75) is 39.3 Å². The van der Waals surface area contributed by atoms with Crippen molar-refractivity contribution in [2.75, 3.05) is 13.7 Å². The predicted molar refractivity (Wildman–Crippen MR) is 112 cm³/mol. The van der Waals surface area contributed by atoms with Crippen LogP contribution in [-0.4, -0.2) is 36.4 Å². The minimum atomic E-state index is -0.628. The van der Waals surface area contributed by atoms with E-state index in [0.29, 0.717) is 17.3 Å². The third-order valence-corrected chi connectivity index (χ3v) is 4.82. The van der Waals surface area contributed by atoms with Crippen molar-refractivity contribution in [2.24, 2.45) is 0 Å². The van der Waals surface area contributed by atoms with Crippen molar-refractivity contribution in [3.63, 3.8) is 0 Å². The van der Waals surface area contributed by atoms with Gasteiger partial charge in [-0.2, -0.15) is 0 Å². The minimum Gasteiger partial charge on any atom is -0.483 e. The summed E-state index contributed by atoms with van der Waals surface area (Å²) in [5, 5.41) is 3.22. The summed E-state index contributed by atoms with van der Waals surface area (Å²) >= 11 is 5.94. The van der Waals surface area contributed by atoms with Crippen LogP contribution in [0.3, 0.4) is 0 Å². The number of likely N-dealkylation sites (N-methyl/N-ethyl adjacent to an activating group) is 1. The Morgan fingerprint density at radius 1 is 1.07 bits per heavy atom. The maximum absolute atomic E-state index is 12.9. The van der Waals surface area contributed by atoms with Gasteiger partial charge in [0, 0.05) is 18.6 Å². The summed E-state index contributed by atoms with van der Waals surface area (Å²) in [5.74, 6) is 0.473. The third kappa shape index (κ3) is 5.73. The van der Waals surface area contributed by atoms with Gasteiger partial charge in [0.15, 0.2) is 6.61 Å². The summed E-state index contributed by atoms with van der Waals surface area (Å²) in [7, 11) is 1.55. The van der Waals surface area contributed by atoms with Gasteiger partial charge in [-0.25, -0.2) is 0 Å². The fourth-order valence-corrected chi connectivity index (χ4v) is 3.02. The molecule has 0 aliphatic carbocycles. The van der Waals surface area contributed by atoms with Gasteiger partial charge in [0.2, 0.25) is 5.91 Å². The number of hydrogen-bond donors (Lipinski definition) is 1. The van der Waals surface area contributed by atoms with E-state index < -0.39 is 6.04 Å². The molecule has 0 aliphatic heterocycles. The summed E-state index contributed by atoms with van der Waals surface area (Å²) in [6.07, 6.45) is 0. The first-order chi connectivity index (χ1) is 13.3. The molecule has 1 atom stereocenters. The van der Waals surface area contributed by atoms with Gasteiger partial charge in [-0.05, 0) is 42.2 Å². The number of rotatable bonds is 8. The van der Waals surface area contributed by atoms with Gasteiger partial charge in [0.25, 0.3) is 5.91 Å². The average molecular weight is 403 g/mol. The van der Waals surface area contributed by atoms with Crippen LogP contribution in [0.25, 0.3) is 0 Å². The normalized spacial score (nSPS) is 11.8. The van der Waals surface area contributed by atoms with Crippen LogP contribution in [0.2, 0.25) is 5.02 Å². The van der Waals surface area contributed by atoms with E-state index in [4.69, 9.17) is 16.3 Å². The fraction of sp³-hybridized carbons (Fsp3) is 0.364. The van der Waals surface area contributed by atoms with Crippen LogP contribution in [0.4, 0.5) is 0 Å². The maximum atomic E-state index is 12.9. The van der Waals surface area contributed by atoms with Gasteiger partial charge < -0.3 is 15.0 Å². The molecule has 5 nitrogen and oxygen atoms in total. The van der Waals surface area contributed by atoms with E-state index in [1.165, 1.54) is 4.90 Å². The summed E-state index contributed by atoms with van der Waals surface area (Å²) in [4.78, 5) is 26.6. The predicted octanol–water partition coefficient (Wildman–Crippen LogP) is 4.01. The topological polar surface area (TPSA) is 58.6 Å². The van der Waals surface area contributed by atoms with Crippen molar-refractivity contribution in [1.29, 1.82) is 0 Å². The number of para-hydroxylation sites is 1. The molecule has 0 saturated heterocycles. The lowest BCUT2D eigenvalue weighted by atomic mass is 10.0. The van der Waals surface area contributed by atoms with Crippen LogP contribution >= 0.6 is 11.6 Å². The fourth-order valence-electron chi connectivity index (χ4n) is 2.89. The van der Waals surface area contributed by atoms with E-state index in [0.717, 1.165) is 11.1 Å². The van der Waals surface area contributed by atoms with Gasteiger partial charge in [-0.3, -0.25) is 9.59 Å². The van der Waals surface area contributed by atoms with Crippen LogP contribution < -0.4 is 10.1 Å². The number of amides is 2. The first kappa shape index (κ1) is 21.8. The Kier molecular flexibility index (Phi) is 7.88. The zero-order chi connectivity index (χ0) is 20.7. The summed E-state index contributed by atoms with van der Waals surface area (Å²) in [6.45, 7) is 6.00. The molecule has 0 bridgehead atoms. The molecule has 150 valence electrons. The zero-order valence-corrected chi connectivity index (χ0v) is 17.5. The summed E-state index contributed by atoms with van der Waals surface area (Å²) < 4.78 is 5.82. The number of carbonyl (C=O) groups excluding carboxylic acids is 2. The Morgan fingerprint density at radius 3 is 2.32 bits per heavy atom. The molecule has 2 aromatic carbocycles. The maximum Gasteiger partial charge on any atom is 0.261 e. The molecule has 0 fully saturated rings. The molecule has 0 spiro atoms. The first-order valence-electron chi connectivity index (χ1n) is 9.30. The quantitative estimate of drug-likeness (QED) is 0.725. The Hall–Kier alpha value is -2.53. The lowest BCUT2D eigenvalue weighted by Crippen LogP contribution is -2.48. The summed E-state index contributed by atoms with van der Waals surface area (Å²) in [5.41, 5.74) is 1.93. The van der Waals surface area contributed by atoms with Crippen molar-refractivity contribution in [3.05, 3.63) is 64.7 Å². The van der Waals surface area contributed by atoms with Crippen molar-refractivity contribution >= 4 is 23.4 Å². The lowest BCUT2D eigenvalue weighted by Gasteiger charge is -2.28. The van der Waals surface area contributed by atoms with Crippen LogP contribution in [-0.2, 0) is 16.1 Å². The minimum absolute atomic E-state index is 0.140. The number of halogens is 1. The van der Waals surface area contributed by atoms with Crippen LogP contribution in [0.5, 0.6) is 5.75 Å². The molecule has 2 aromatic rings. The van der Waals surface area contributed by atoms with E-state index in [1.807, 2.05) is 36.4 Å². The van der Waals surface area contributed by atoms with Crippen LogP contribution in [0.1, 0.15) is 37.8 Å². The molecule has 0 saturated carbocycles.